The Morgan fingerprint density at radius 1 is 1.22 bits per heavy atom. The van der Waals surface area contributed by atoms with Crippen LogP contribution in [0.15, 0.2) is 24.3 Å². The Balaban J connectivity index is 1.68. The third kappa shape index (κ3) is 5.82. The van der Waals surface area contributed by atoms with Crippen molar-refractivity contribution in [2.75, 3.05) is 6.54 Å². The maximum absolute atomic E-state index is 13.2. The van der Waals surface area contributed by atoms with Gasteiger partial charge in [-0.2, -0.15) is 0 Å². The van der Waals surface area contributed by atoms with Crippen LogP contribution in [-0.4, -0.2) is 47.0 Å². The minimum absolute atomic E-state index is 0.0267. The smallest absolute Gasteiger partial charge is 0.408 e. The zero-order chi connectivity index (χ0) is 23.3. The lowest BCUT2D eigenvalue weighted by Crippen LogP contribution is -2.54. The lowest BCUT2D eigenvalue weighted by Gasteiger charge is -2.31. The second kappa shape index (κ2) is 10.1. The van der Waals surface area contributed by atoms with Crippen LogP contribution in [-0.2, 0) is 20.7 Å². The highest BCUT2D eigenvalue weighted by atomic mass is 16.6. The molecule has 0 aromatic heterocycles. The lowest BCUT2D eigenvalue weighted by molar-refractivity contribution is -0.140. The Morgan fingerprint density at radius 3 is 2.69 bits per heavy atom. The molecule has 1 aliphatic carbocycles. The first-order chi connectivity index (χ1) is 15.2. The summed E-state index contributed by atoms with van der Waals surface area (Å²) in [6, 6.07) is 6.61. The van der Waals surface area contributed by atoms with E-state index in [9.17, 15) is 14.4 Å². The van der Waals surface area contributed by atoms with Crippen molar-refractivity contribution in [1.82, 2.24) is 15.5 Å². The van der Waals surface area contributed by atoms with Crippen LogP contribution in [0.2, 0.25) is 0 Å². The fourth-order valence-corrected chi connectivity index (χ4v) is 4.44. The van der Waals surface area contributed by atoms with E-state index in [0.717, 1.165) is 31.2 Å². The number of carbonyl (C=O) groups excluding carboxylic acids is 3. The average molecular weight is 440 g/mol. The first-order valence-corrected chi connectivity index (χ1v) is 11.3. The van der Waals surface area contributed by atoms with E-state index < -0.39 is 23.8 Å². The highest BCUT2D eigenvalue weighted by Crippen LogP contribution is 2.30. The van der Waals surface area contributed by atoms with Crippen molar-refractivity contribution in [3.63, 3.8) is 0 Å². The van der Waals surface area contributed by atoms with Gasteiger partial charge in [0.25, 0.3) is 0 Å². The van der Waals surface area contributed by atoms with E-state index in [2.05, 4.69) is 28.7 Å². The highest BCUT2D eigenvalue weighted by Gasteiger charge is 2.38. The van der Waals surface area contributed by atoms with Crippen molar-refractivity contribution in [2.24, 2.45) is 0 Å². The van der Waals surface area contributed by atoms with E-state index in [1.54, 1.807) is 25.7 Å². The molecule has 2 aliphatic rings. The molecule has 0 spiro atoms. The number of terminal acetylenes is 1. The van der Waals surface area contributed by atoms with Crippen LogP contribution in [0.25, 0.3) is 0 Å². The molecular formula is C25H33N3O4. The van der Waals surface area contributed by atoms with E-state index in [-0.39, 0.29) is 24.3 Å². The molecule has 3 rings (SSSR count). The van der Waals surface area contributed by atoms with Gasteiger partial charge in [-0.1, -0.05) is 24.3 Å². The Hall–Kier alpha value is -3.01. The molecule has 1 saturated heterocycles. The van der Waals surface area contributed by atoms with Crippen molar-refractivity contribution < 1.29 is 19.1 Å². The Kier molecular flexibility index (Phi) is 7.44. The molecule has 0 radical (unpaired) electrons. The van der Waals surface area contributed by atoms with Crippen LogP contribution < -0.4 is 10.6 Å². The summed E-state index contributed by atoms with van der Waals surface area (Å²) in [7, 11) is 0. The fraction of sp³-hybridized carbons (Fsp3) is 0.560. The summed E-state index contributed by atoms with van der Waals surface area (Å²) in [5.74, 6) is 1.93. The van der Waals surface area contributed by atoms with E-state index in [4.69, 9.17) is 11.2 Å². The van der Waals surface area contributed by atoms with Gasteiger partial charge in [-0.15, -0.1) is 12.3 Å². The second-order valence-corrected chi connectivity index (χ2v) is 9.45. The Labute approximate surface area is 190 Å². The summed E-state index contributed by atoms with van der Waals surface area (Å²) in [6.07, 6.45) is 8.98. The van der Waals surface area contributed by atoms with Crippen molar-refractivity contribution >= 4 is 17.9 Å². The minimum Gasteiger partial charge on any atom is -0.444 e. The van der Waals surface area contributed by atoms with Gasteiger partial charge < -0.3 is 20.3 Å². The molecule has 1 aromatic carbocycles. The first-order valence-electron chi connectivity index (χ1n) is 11.3. The normalized spacial score (nSPS) is 21.1. The molecule has 1 heterocycles. The number of nitrogens with one attached hydrogen (secondary N) is 2. The number of benzene rings is 1. The number of nitrogens with zero attached hydrogens (tertiary/aromatic N) is 1. The number of hydrogen-bond acceptors (Lipinski definition) is 4. The van der Waals surface area contributed by atoms with E-state index >= 15 is 0 Å². The Bertz CT molecular complexity index is 899. The molecule has 0 saturated carbocycles. The minimum atomic E-state index is -0.932. The van der Waals surface area contributed by atoms with Gasteiger partial charge in [0.1, 0.15) is 17.7 Å². The summed E-state index contributed by atoms with van der Waals surface area (Å²) in [5.41, 5.74) is 1.72. The van der Waals surface area contributed by atoms with Crippen molar-refractivity contribution in [3.05, 3.63) is 35.4 Å². The van der Waals surface area contributed by atoms with Gasteiger partial charge in [-0.05, 0) is 64.0 Å². The molecule has 7 heteroatoms. The standard InChI is InChI=1S/C25H33N3O4/c1-5-10-20(27-24(31)32-25(2,3)4)23(30)28-16-9-15-21(28)22(29)26-19-14-8-12-17-11-6-7-13-18(17)19/h1,6-7,11,13,19-21H,8-10,12,14-16H2,2-4H3,(H,26,29)(H,27,31)/t19?,20-,21?/m0/s1. The summed E-state index contributed by atoms with van der Waals surface area (Å²) < 4.78 is 5.27. The van der Waals surface area contributed by atoms with Gasteiger partial charge >= 0.3 is 6.09 Å². The van der Waals surface area contributed by atoms with E-state index in [1.807, 2.05) is 12.1 Å². The molecule has 1 aromatic rings. The summed E-state index contributed by atoms with van der Waals surface area (Å²) >= 11 is 0. The number of ether oxygens (including phenoxy) is 1. The predicted molar refractivity (Wildman–Crippen MR) is 122 cm³/mol. The van der Waals surface area contributed by atoms with E-state index in [1.165, 1.54) is 5.56 Å². The van der Waals surface area contributed by atoms with Crippen LogP contribution >= 0.6 is 0 Å². The maximum Gasteiger partial charge on any atom is 0.408 e. The van der Waals surface area contributed by atoms with Gasteiger partial charge in [-0.25, -0.2) is 4.79 Å². The molecule has 0 bridgehead atoms. The Morgan fingerprint density at radius 2 is 1.97 bits per heavy atom. The summed E-state index contributed by atoms with van der Waals surface area (Å²) in [5, 5.41) is 5.74. The predicted octanol–water partition coefficient (Wildman–Crippen LogP) is 3.09. The number of fused-ring (bicyclic) bond motifs is 1. The molecule has 3 amide bonds. The lowest BCUT2D eigenvalue weighted by atomic mass is 9.87. The molecule has 2 unspecified atom stereocenters. The number of hydrogen-bond donors (Lipinski definition) is 2. The highest BCUT2D eigenvalue weighted by molar-refractivity contribution is 5.92. The molecule has 1 fully saturated rings. The van der Waals surface area contributed by atoms with Gasteiger partial charge in [-0.3, -0.25) is 9.59 Å². The largest absolute Gasteiger partial charge is 0.444 e. The molecule has 172 valence electrons. The number of rotatable bonds is 5. The summed E-state index contributed by atoms with van der Waals surface area (Å²) in [6.45, 7) is 5.69. The van der Waals surface area contributed by atoms with Crippen molar-refractivity contribution in [2.45, 2.75) is 83.0 Å². The third-order valence-corrected chi connectivity index (χ3v) is 5.84. The zero-order valence-electron chi connectivity index (χ0n) is 19.1. The third-order valence-electron chi connectivity index (χ3n) is 5.84. The molecule has 1 aliphatic heterocycles. The quantitative estimate of drug-likeness (QED) is 0.690. The molecule has 3 atom stereocenters. The van der Waals surface area contributed by atoms with Crippen LogP contribution in [0, 0.1) is 12.3 Å². The molecular weight excluding hydrogens is 406 g/mol. The van der Waals surface area contributed by atoms with Gasteiger partial charge in [0.2, 0.25) is 11.8 Å². The number of likely N-dealkylation sites (tertiary alicyclic amines) is 1. The molecule has 32 heavy (non-hydrogen) atoms. The fourth-order valence-electron chi connectivity index (χ4n) is 4.44. The maximum atomic E-state index is 13.2. The average Bonchev–Trinajstić information content (AvgIpc) is 3.22. The SMILES string of the molecule is C#CC[C@H](NC(=O)OC(C)(C)C)C(=O)N1CCCC1C(=O)NC1CCCc2ccccc21. The van der Waals surface area contributed by atoms with Crippen molar-refractivity contribution in [3.8, 4) is 12.3 Å². The van der Waals surface area contributed by atoms with E-state index in [0.29, 0.717) is 13.0 Å². The zero-order valence-corrected chi connectivity index (χ0v) is 19.1. The number of amides is 3. The monoisotopic (exact) mass is 439 g/mol. The molecule has 7 nitrogen and oxygen atoms in total. The second-order valence-electron chi connectivity index (χ2n) is 9.45. The van der Waals surface area contributed by atoms with Crippen LogP contribution in [0.3, 0.4) is 0 Å². The van der Waals surface area contributed by atoms with Gasteiger partial charge in [0.05, 0.1) is 6.04 Å². The van der Waals surface area contributed by atoms with Crippen LogP contribution in [0.1, 0.15) is 70.0 Å². The van der Waals surface area contributed by atoms with Crippen LogP contribution in [0.5, 0.6) is 0 Å². The summed E-state index contributed by atoms with van der Waals surface area (Å²) in [4.78, 5) is 40.1. The number of aryl methyl sites for hydroxylation is 1. The number of alkyl carbamates (subject to hydrolysis) is 1. The first kappa shape index (κ1) is 23.6. The van der Waals surface area contributed by atoms with Crippen molar-refractivity contribution in [1.29, 1.82) is 0 Å². The van der Waals surface area contributed by atoms with Crippen LogP contribution in [0.4, 0.5) is 4.79 Å². The van der Waals surface area contributed by atoms with Gasteiger partial charge in [0, 0.05) is 13.0 Å². The van der Waals surface area contributed by atoms with Gasteiger partial charge in [0.15, 0.2) is 0 Å². The number of carbonyl (C=O) groups is 3. The topological polar surface area (TPSA) is 87.7 Å². The molecule has 2 N–H and O–H groups in total.